The van der Waals surface area contributed by atoms with E-state index in [-0.39, 0.29) is 10.8 Å². The van der Waals surface area contributed by atoms with E-state index in [2.05, 4.69) is 20.6 Å². The molecule has 1 atom stereocenters. The van der Waals surface area contributed by atoms with Gasteiger partial charge in [-0.1, -0.05) is 0 Å². The number of anilines is 1. The molecule has 0 fully saturated rings. The molecule has 0 spiro atoms. The lowest BCUT2D eigenvalue weighted by Crippen LogP contribution is -2.13. The highest BCUT2D eigenvalue weighted by Gasteiger charge is 2.33. The smallest absolute Gasteiger partial charge is 0.363 e. The zero-order valence-electron chi connectivity index (χ0n) is 13.4. The minimum Gasteiger partial charge on any atom is -0.363 e. The molecule has 7 nitrogen and oxygen atoms in total. The fourth-order valence-electron chi connectivity index (χ4n) is 2.70. The number of rotatable bonds is 4. The number of aromatic nitrogens is 2. The number of halogens is 4. The number of non-ortho nitro benzene ring substituents is 1. The Kier molecular flexibility index (Phi) is 4.72. The molecule has 11 heteroatoms. The topological polar surface area (TPSA) is 93.0 Å². The van der Waals surface area contributed by atoms with Gasteiger partial charge in [-0.15, -0.1) is 0 Å². The average Bonchev–Trinajstić information content (AvgIpc) is 3.01. The van der Waals surface area contributed by atoms with Crippen LogP contribution in [0.15, 0.2) is 18.2 Å². The molecular weight excluding hydrogens is 375 g/mol. The molecule has 1 aliphatic rings. The van der Waals surface area contributed by atoms with E-state index in [4.69, 9.17) is 11.6 Å². The van der Waals surface area contributed by atoms with E-state index in [0.29, 0.717) is 30.7 Å². The molecule has 0 unspecified atom stereocenters. The second kappa shape index (κ2) is 6.69. The van der Waals surface area contributed by atoms with Gasteiger partial charge in [-0.3, -0.25) is 10.1 Å². The predicted octanol–water partition coefficient (Wildman–Crippen LogP) is 3.83. The highest BCUT2D eigenvalue weighted by Crippen LogP contribution is 2.35. The van der Waals surface area contributed by atoms with Gasteiger partial charge in [0.25, 0.3) is 5.69 Å². The summed E-state index contributed by atoms with van der Waals surface area (Å²) in [5, 5.41) is 17.1. The highest BCUT2D eigenvalue weighted by molar-refractivity contribution is 6.28. The molecule has 0 aliphatic carbocycles. The fourth-order valence-corrected chi connectivity index (χ4v) is 2.89. The molecule has 2 aromatic rings. The molecule has 2 heterocycles. The lowest BCUT2D eigenvalue weighted by Gasteiger charge is -2.18. The Balaban J connectivity index is 1.97. The number of nitrogens with zero attached hydrogens (tertiary/aromatic N) is 3. The molecule has 138 valence electrons. The number of fused-ring (bicyclic) bond motifs is 1. The van der Waals surface area contributed by atoms with Crippen LogP contribution in [-0.2, 0) is 19.3 Å². The van der Waals surface area contributed by atoms with E-state index in [9.17, 15) is 23.3 Å². The summed E-state index contributed by atoms with van der Waals surface area (Å²) in [6.45, 7) is 2.59. The van der Waals surface area contributed by atoms with Crippen molar-refractivity contribution >= 4 is 23.1 Å². The van der Waals surface area contributed by atoms with Crippen LogP contribution in [0.5, 0.6) is 0 Å². The first-order chi connectivity index (χ1) is 12.1. The van der Waals surface area contributed by atoms with Crippen molar-refractivity contribution in [1.82, 2.24) is 15.3 Å². The Morgan fingerprint density at radius 1 is 1.31 bits per heavy atom. The van der Waals surface area contributed by atoms with Crippen LogP contribution in [-0.4, -0.2) is 14.9 Å². The maximum atomic E-state index is 13.0. The molecule has 26 heavy (non-hydrogen) atoms. The Labute approximate surface area is 150 Å². The number of benzene rings is 1. The molecule has 0 radical (unpaired) electrons. The largest absolute Gasteiger partial charge is 0.416 e. The third-order valence-corrected chi connectivity index (χ3v) is 4.16. The standard InChI is InChI=1S/C15H13ClF3N5O2/c1-7(21-13-11-5-20-6-12(11)22-14(16)23-13)8-2-9(15(17,18)19)4-10(3-8)24(25)26/h2-4,7,20H,5-6H2,1H3,(H,21,22,23)/t7-/m1/s1. The van der Waals surface area contributed by atoms with Crippen LogP contribution >= 0.6 is 11.6 Å². The number of nitrogens with one attached hydrogen (secondary N) is 2. The second-order valence-electron chi connectivity index (χ2n) is 5.80. The van der Waals surface area contributed by atoms with E-state index >= 15 is 0 Å². The Morgan fingerprint density at radius 2 is 2.04 bits per heavy atom. The molecular formula is C15H13ClF3N5O2. The highest BCUT2D eigenvalue weighted by atomic mass is 35.5. The number of nitro benzene ring substituents is 1. The molecule has 0 saturated carbocycles. The van der Waals surface area contributed by atoms with Crippen molar-refractivity contribution in [2.75, 3.05) is 5.32 Å². The number of nitro groups is 1. The normalized spacial score (nSPS) is 14.8. The van der Waals surface area contributed by atoms with Crippen molar-refractivity contribution in [2.45, 2.75) is 32.2 Å². The minimum absolute atomic E-state index is 0.0113. The molecule has 0 saturated heterocycles. The fraction of sp³-hybridized carbons (Fsp3) is 0.333. The molecule has 2 N–H and O–H groups in total. The summed E-state index contributed by atoms with van der Waals surface area (Å²) in [6.07, 6.45) is -4.69. The zero-order valence-corrected chi connectivity index (χ0v) is 14.1. The maximum Gasteiger partial charge on any atom is 0.416 e. The summed E-state index contributed by atoms with van der Waals surface area (Å²) in [4.78, 5) is 18.3. The Bertz CT molecular complexity index is 875. The van der Waals surface area contributed by atoms with Gasteiger partial charge in [0.05, 0.1) is 22.2 Å². The van der Waals surface area contributed by atoms with Gasteiger partial charge < -0.3 is 10.6 Å². The average molecular weight is 388 g/mol. The van der Waals surface area contributed by atoms with E-state index < -0.39 is 28.4 Å². The number of hydrogen-bond donors (Lipinski definition) is 2. The monoisotopic (exact) mass is 387 g/mol. The van der Waals surface area contributed by atoms with Gasteiger partial charge in [-0.05, 0) is 30.2 Å². The SMILES string of the molecule is C[C@@H](Nc1nc(Cl)nc2c1CNC2)c1cc([N+](=O)[O-])cc(C(F)(F)F)c1. The van der Waals surface area contributed by atoms with Gasteiger partial charge in [-0.2, -0.15) is 13.2 Å². The van der Waals surface area contributed by atoms with Gasteiger partial charge in [0.1, 0.15) is 5.82 Å². The number of hydrogen-bond acceptors (Lipinski definition) is 6. The van der Waals surface area contributed by atoms with Crippen LogP contribution in [0.25, 0.3) is 0 Å². The van der Waals surface area contributed by atoms with Crippen molar-refractivity contribution < 1.29 is 18.1 Å². The first-order valence-corrected chi connectivity index (χ1v) is 7.92. The van der Waals surface area contributed by atoms with E-state index in [1.807, 2.05) is 0 Å². The first kappa shape index (κ1) is 18.3. The first-order valence-electron chi connectivity index (χ1n) is 7.54. The van der Waals surface area contributed by atoms with E-state index in [1.54, 1.807) is 6.92 Å². The maximum absolute atomic E-state index is 13.0. The van der Waals surface area contributed by atoms with Crippen LogP contribution in [0.2, 0.25) is 5.28 Å². The molecule has 0 amide bonds. The number of alkyl halides is 3. The summed E-state index contributed by atoms with van der Waals surface area (Å²) in [5.41, 5.74) is -0.127. The summed E-state index contributed by atoms with van der Waals surface area (Å²) >= 11 is 5.88. The third kappa shape index (κ3) is 3.70. The van der Waals surface area contributed by atoms with Crippen LogP contribution in [0.1, 0.15) is 35.3 Å². The quantitative estimate of drug-likeness (QED) is 0.470. The van der Waals surface area contributed by atoms with Crippen molar-refractivity contribution in [3.63, 3.8) is 0 Å². The second-order valence-corrected chi connectivity index (χ2v) is 6.14. The van der Waals surface area contributed by atoms with Gasteiger partial charge in [0.2, 0.25) is 5.28 Å². The van der Waals surface area contributed by atoms with Gasteiger partial charge in [0, 0.05) is 30.8 Å². The Hall–Kier alpha value is -2.46. The van der Waals surface area contributed by atoms with Crippen LogP contribution in [0, 0.1) is 10.1 Å². The third-order valence-electron chi connectivity index (χ3n) is 3.99. The van der Waals surface area contributed by atoms with Gasteiger partial charge >= 0.3 is 6.18 Å². The van der Waals surface area contributed by atoms with Crippen molar-refractivity contribution in [3.8, 4) is 0 Å². The lowest BCUT2D eigenvalue weighted by atomic mass is 10.0. The molecule has 3 rings (SSSR count). The van der Waals surface area contributed by atoms with Crippen molar-refractivity contribution in [1.29, 1.82) is 0 Å². The summed E-state index contributed by atoms with van der Waals surface area (Å²) in [5.74, 6) is 0.387. The van der Waals surface area contributed by atoms with Gasteiger partial charge in [0.15, 0.2) is 0 Å². The van der Waals surface area contributed by atoms with E-state index in [1.165, 1.54) is 0 Å². The van der Waals surface area contributed by atoms with Crippen molar-refractivity contribution in [3.05, 3.63) is 56.0 Å². The summed E-state index contributed by atoms with van der Waals surface area (Å²) < 4.78 is 39.1. The molecule has 1 aromatic heterocycles. The molecule has 0 bridgehead atoms. The Morgan fingerprint density at radius 3 is 2.69 bits per heavy atom. The van der Waals surface area contributed by atoms with Crippen LogP contribution < -0.4 is 10.6 Å². The molecule has 1 aliphatic heterocycles. The van der Waals surface area contributed by atoms with Crippen LogP contribution in [0.4, 0.5) is 24.7 Å². The summed E-state index contributed by atoms with van der Waals surface area (Å²) in [7, 11) is 0. The zero-order chi connectivity index (χ0) is 19.1. The van der Waals surface area contributed by atoms with E-state index in [0.717, 1.165) is 17.7 Å². The minimum atomic E-state index is -4.69. The van der Waals surface area contributed by atoms with Gasteiger partial charge in [-0.25, -0.2) is 9.97 Å². The lowest BCUT2D eigenvalue weighted by molar-refractivity contribution is -0.385. The summed E-state index contributed by atoms with van der Waals surface area (Å²) in [6, 6.07) is 1.83. The predicted molar refractivity (Wildman–Crippen MR) is 87.7 cm³/mol. The van der Waals surface area contributed by atoms with Crippen LogP contribution in [0.3, 0.4) is 0 Å². The molecule has 1 aromatic carbocycles. The van der Waals surface area contributed by atoms with Crippen molar-refractivity contribution in [2.24, 2.45) is 0 Å².